The van der Waals surface area contributed by atoms with Crippen molar-refractivity contribution in [1.29, 1.82) is 0 Å². The highest BCUT2D eigenvalue weighted by atomic mass is 32.2. The Morgan fingerprint density at radius 1 is 0.800 bits per heavy atom. The van der Waals surface area contributed by atoms with Crippen LogP contribution in [0.4, 0.5) is 0 Å². The largest absolute Gasteiger partial charge is 0.508 e. The Bertz CT molecular complexity index is 918. The summed E-state index contributed by atoms with van der Waals surface area (Å²) in [5.74, 6) is 0.174. The van der Waals surface area contributed by atoms with Crippen LogP contribution in [0.2, 0.25) is 0 Å². The molecule has 0 spiro atoms. The molecule has 6 heteroatoms. The number of rotatable bonds is 3. The molecule has 1 aliphatic carbocycles. The first-order valence-electron chi connectivity index (χ1n) is 7.50. The number of phenolic OH excluding ortho intramolecular Hbond substituents is 2. The Balaban J connectivity index is 2.29. The monoisotopic (exact) mass is 356 g/mol. The van der Waals surface area contributed by atoms with E-state index in [0.29, 0.717) is 22.3 Å². The second-order valence-corrected chi connectivity index (χ2v) is 7.14. The summed E-state index contributed by atoms with van der Waals surface area (Å²) in [5.41, 5.74) is 2.34. The van der Waals surface area contributed by atoms with Crippen LogP contribution in [0.1, 0.15) is 11.1 Å². The topological polar surface area (TPSA) is 94.8 Å². The first-order valence-corrected chi connectivity index (χ1v) is 9.01. The molecule has 0 aliphatic heterocycles. The summed E-state index contributed by atoms with van der Waals surface area (Å²) in [4.78, 5) is 0. The highest BCUT2D eigenvalue weighted by molar-refractivity contribution is 7.86. The predicted molar refractivity (Wildman–Crippen MR) is 95.9 cm³/mol. The molecule has 0 radical (unpaired) electrons. The fraction of sp³-hybridized carbons (Fsp3) is 0.0526. The minimum atomic E-state index is -4.35. The van der Waals surface area contributed by atoms with Gasteiger partial charge < -0.3 is 10.2 Å². The number of aromatic hydroxyl groups is 2. The molecule has 0 saturated heterocycles. The Morgan fingerprint density at radius 2 is 1.28 bits per heavy atom. The summed E-state index contributed by atoms with van der Waals surface area (Å²) in [6, 6.07) is 12.7. The van der Waals surface area contributed by atoms with Gasteiger partial charge in [-0.1, -0.05) is 48.6 Å². The van der Waals surface area contributed by atoms with Crippen LogP contribution in [-0.2, 0) is 10.1 Å². The number of allylic oxidation sites excluding steroid dienone is 3. The third-order valence-corrected chi connectivity index (χ3v) is 4.95. The lowest BCUT2D eigenvalue weighted by molar-refractivity contribution is 0.475. The molecule has 0 heterocycles. The SMILES string of the molecule is O=S(=O)(O)C1C=CC=CC1=C(c1ccc(O)cc1)c1ccc(O)cc1. The van der Waals surface area contributed by atoms with E-state index in [4.69, 9.17) is 0 Å². The van der Waals surface area contributed by atoms with Crippen molar-refractivity contribution in [3.8, 4) is 11.5 Å². The smallest absolute Gasteiger partial charge is 0.275 e. The maximum absolute atomic E-state index is 11.8. The van der Waals surface area contributed by atoms with Crippen LogP contribution in [0.15, 0.2) is 78.4 Å². The van der Waals surface area contributed by atoms with Gasteiger partial charge >= 0.3 is 0 Å². The molecule has 3 N–H and O–H groups in total. The van der Waals surface area contributed by atoms with Crippen LogP contribution in [-0.4, -0.2) is 28.4 Å². The molecule has 2 aromatic rings. The van der Waals surface area contributed by atoms with Crippen molar-refractivity contribution in [3.63, 3.8) is 0 Å². The number of phenols is 2. The summed E-state index contributed by atoms with van der Waals surface area (Å²) < 4.78 is 33.3. The van der Waals surface area contributed by atoms with Gasteiger partial charge in [0.15, 0.2) is 0 Å². The van der Waals surface area contributed by atoms with Crippen LogP contribution >= 0.6 is 0 Å². The Labute approximate surface area is 145 Å². The minimum absolute atomic E-state index is 0.0872. The van der Waals surface area contributed by atoms with Crippen LogP contribution in [0.3, 0.4) is 0 Å². The zero-order valence-electron chi connectivity index (χ0n) is 13.1. The van der Waals surface area contributed by atoms with Gasteiger partial charge in [-0.25, -0.2) is 0 Å². The summed E-state index contributed by atoms with van der Waals surface area (Å²) in [5, 5.41) is 17.9. The molecule has 2 aromatic carbocycles. The molecule has 0 amide bonds. The van der Waals surface area contributed by atoms with E-state index < -0.39 is 15.4 Å². The van der Waals surface area contributed by atoms with Crippen LogP contribution in [0.5, 0.6) is 11.5 Å². The molecule has 25 heavy (non-hydrogen) atoms. The number of benzene rings is 2. The molecule has 0 aromatic heterocycles. The van der Waals surface area contributed by atoms with Crippen molar-refractivity contribution in [2.24, 2.45) is 0 Å². The fourth-order valence-corrected chi connectivity index (χ4v) is 3.57. The summed E-state index contributed by atoms with van der Waals surface area (Å²) >= 11 is 0. The quantitative estimate of drug-likeness (QED) is 0.734. The molecular formula is C19H16O5S. The highest BCUT2D eigenvalue weighted by Gasteiger charge is 2.28. The Morgan fingerprint density at radius 3 is 1.72 bits per heavy atom. The van der Waals surface area contributed by atoms with Crippen molar-refractivity contribution >= 4 is 15.7 Å². The maximum Gasteiger partial charge on any atom is 0.275 e. The fourth-order valence-electron chi connectivity index (χ4n) is 2.76. The Hall–Kier alpha value is -2.83. The van der Waals surface area contributed by atoms with Crippen molar-refractivity contribution in [1.82, 2.24) is 0 Å². The normalized spacial score (nSPS) is 16.8. The molecule has 1 aliphatic rings. The summed E-state index contributed by atoms with van der Waals surface area (Å²) in [6.07, 6.45) is 6.30. The molecule has 3 rings (SSSR count). The van der Waals surface area contributed by atoms with E-state index in [-0.39, 0.29) is 11.5 Å². The van der Waals surface area contributed by atoms with Gasteiger partial charge in [-0.3, -0.25) is 4.55 Å². The zero-order chi connectivity index (χ0) is 18.0. The van der Waals surface area contributed by atoms with Gasteiger partial charge in [-0.2, -0.15) is 8.42 Å². The van der Waals surface area contributed by atoms with E-state index in [1.54, 1.807) is 42.5 Å². The van der Waals surface area contributed by atoms with Crippen LogP contribution in [0, 0.1) is 0 Å². The molecular weight excluding hydrogens is 340 g/mol. The molecule has 1 atom stereocenters. The van der Waals surface area contributed by atoms with E-state index in [9.17, 15) is 23.2 Å². The predicted octanol–water partition coefficient (Wildman–Crippen LogP) is 3.28. The van der Waals surface area contributed by atoms with Crippen LogP contribution < -0.4 is 0 Å². The minimum Gasteiger partial charge on any atom is -0.508 e. The number of hydrogen-bond acceptors (Lipinski definition) is 4. The molecule has 128 valence electrons. The van der Waals surface area contributed by atoms with Gasteiger partial charge in [0.25, 0.3) is 10.1 Å². The molecule has 0 saturated carbocycles. The molecule has 0 fully saturated rings. The van der Waals surface area contributed by atoms with Crippen molar-refractivity contribution in [2.45, 2.75) is 5.25 Å². The average Bonchev–Trinajstić information content (AvgIpc) is 2.58. The third kappa shape index (κ3) is 3.65. The van der Waals surface area contributed by atoms with Gasteiger partial charge in [0.1, 0.15) is 16.7 Å². The Kier molecular flexibility index (Phi) is 4.48. The van der Waals surface area contributed by atoms with E-state index in [0.717, 1.165) is 0 Å². The lowest BCUT2D eigenvalue weighted by Gasteiger charge is -2.20. The van der Waals surface area contributed by atoms with Crippen molar-refractivity contribution in [2.75, 3.05) is 0 Å². The van der Waals surface area contributed by atoms with Crippen LogP contribution in [0.25, 0.3) is 5.57 Å². The second-order valence-electron chi connectivity index (χ2n) is 5.60. The maximum atomic E-state index is 11.8. The molecule has 0 bridgehead atoms. The first-order chi connectivity index (χ1) is 11.9. The van der Waals surface area contributed by atoms with E-state index >= 15 is 0 Å². The van der Waals surface area contributed by atoms with Crippen molar-refractivity contribution in [3.05, 3.63) is 89.5 Å². The first kappa shape index (κ1) is 17.0. The molecule has 1 unspecified atom stereocenters. The lowest BCUT2D eigenvalue weighted by atomic mass is 9.89. The van der Waals surface area contributed by atoms with Gasteiger partial charge in [-0.15, -0.1) is 0 Å². The van der Waals surface area contributed by atoms with E-state index in [2.05, 4.69) is 0 Å². The van der Waals surface area contributed by atoms with Gasteiger partial charge in [0.2, 0.25) is 0 Å². The zero-order valence-corrected chi connectivity index (χ0v) is 13.9. The highest BCUT2D eigenvalue weighted by Crippen LogP contribution is 2.34. The second kappa shape index (κ2) is 6.58. The lowest BCUT2D eigenvalue weighted by Crippen LogP contribution is -2.22. The van der Waals surface area contributed by atoms with Gasteiger partial charge in [0.05, 0.1) is 0 Å². The van der Waals surface area contributed by atoms with Gasteiger partial charge in [0, 0.05) is 0 Å². The molecule has 5 nitrogen and oxygen atoms in total. The van der Waals surface area contributed by atoms with E-state index in [1.807, 2.05) is 0 Å². The van der Waals surface area contributed by atoms with Gasteiger partial charge in [-0.05, 0) is 46.5 Å². The third-order valence-electron chi connectivity index (χ3n) is 3.90. The van der Waals surface area contributed by atoms with Crippen molar-refractivity contribution < 1.29 is 23.2 Å². The number of hydrogen-bond donors (Lipinski definition) is 3. The van der Waals surface area contributed by atoms with E-state index in [1.165, 1.54) is 30.3 Å². The summed E-state index contributed by atoms with van der Waals surface area (Å²) in [6.45, 7) is 0. The standard InChI is InChI=1S/C19H16O5S/c20-15-9-5-13(6-10-15)19(14-7-11-16(21)12-8-14)17-3-1-2-4-18(17)25(22,23)24/h1-12,18,20-21H,(H,22,23,24). The average molecular weight is 356 g/mol. The summed E-state index contributed by atoms with van der Waals surface area (Å²) in [7, 11) is -4.35.